The van der Waals surface area contributed by atoms with Gasteiger partial charge in [0.05, 0.1) is 0 Å². The maximum atomic E-state index is 6.68. The molecule has 0 atom stereocenters. The third-order valence-electron chi connectivity index (χ3n) is 4.57. The fraction of sp³-hybridized carbons (Fsp3) is 0.476. The zero-order valence-electron chi connectivity index (χ0n) is 16.6. The van der Waals surface area contributed by atoms with Crippen LogP contribution in [0, 0.1) is 0 Å². The topological polar surface area (TPSA) is 9.23 Å². The van der Waals surface area contributed by atoms with Gasteiger partial charge in [-0.25, -0.2) is 0 Å². The minimum Gasteiger partial charge on any atom is -0.147 e. The summed E-state index contributed by atoms with van der Waals surface area (Å²) in [6, 6.07) is 6.21. The third-order valence-corrected chi connectivity index (χ3v) is 9.37. The molecule has 2 rings (SSSR count). The summed E-state index contributed by atoms with van der Waals surface area (Å²) in [5.74, 6) is 0.939. The molecule has 0 heterocycles. The molecule has 1 aromatic rings. The van der Waals surface area contributed by atoms with Crippen LogP contribution in [0.15, 0.2) is 39.8 Å². The second-order valence-electron chi connectivity index (χ2n) is 7.44. The van der Waals surface area contributed by atoms with Crippen molar-refractivity contribution >= 4 is 40.2 Å². The Hall–Kier alpha value is -0.0457. The molecule has 1 aliphatic carbocycles. The van der Waals surface area contributed by atoms with Gasteiger partial charge in [-0.05, 0) is 0 Å². The quantitative estimate of drug-likeness (QED) is 0.417. The molecule has 0 N–H and O–H groups in total. The van der Waals surface area contributed by atoms with E-state index in [0.29, 0.717) is 0 Å². The summed E-state index contributed by atoms with van der Waals surface area (Å²) in [5, 5.41) is 0.764. The molecule has 0 amide bonds. The molecule has 0 spiro atoms. The molecule has 0 aromatic heterocycles. The van der Waals surface area contributed by atoms with Gasteiger partial charge in [0.2, 0.25) is 0 Å². The Morgan fingerprint density at radius 3 is 2.19 bits per heavy atom. The second-order valence-corrected chi connectivity index (χ2v) is 11.3. The van der Waals surface area contributed by atoms with Gasteiger partial charge in [-0.15, -0.1) is 24.8 Å². The van der Waals surface area contributed by atoms with Crippen molar-refractivity contribution in [2.75, 3.05) is 0 Å². The molecule has 0 radical (unpaired) electrons. The Bertz CT molecular complexity index is 706. The van der Waals surface area contributed by atoms with Crippen molar-refractivity contribution in [1.29, 1.82) is 0 Å². The zero-order chi connectivity index (χ0) is 17.9. The molecule has 0 unspecified atom stereocenters. The molecule has 0 saturated carbocycles. The van der Waals surface area contributed by atoms with Crippen LogP contribution in [0.2, 0.25) is 5.02 Å². The molecular weight excluding hydrogens is 422 g/mol. The summed E-state index contributed by atoms with van der Waals surface area (Å²) >= 11 is 4.45. The summed E-state index contributed by atoms with van der Waals surface area (Å²) < 4.78 is 9.83. The predicted molar refractivity (Wildman–Crippen MR) is 117 cm³/mol. The van der Waals surface area contributed by atoms with Crippen molar-refractivity contribution in [2.24, 2.45) is 0 Å². The molecule has 0 aliphatic heterocycles. The Balaban J connectivity index is 0.00000312. The normalized spacial score (nSPS) is 13.2. The van der Waals surface area contributed by atoms with E-state index < -0.39 is 17.8 Å². The molecule has 1 aliphatic rings. The van der Waals surface area contributed by atoms with E-state index in [1.807, 2.05) is 6.07 Å². The molecule has 1 aromatic carbocycles. The maximum Gasteiger partial charge on any atom is -0.147 e. The molecule has 146 valence electrons. The fourth-order valence-corrected chi connectivity index (χ4v) is 7.00. The van der Waals surface area contributed by atoms with Crippen LogP contribution in [0.5, 0.6) is 5.75 Å². The molecule has 0 bridgehead atoms. The average molecular weight is 454 g/mol. The molecule has 1 nitrogen and oxygen atoms in total. The van der Waals surface area contributed by atoms with Gasteiger partial charge in [0.25, 0.3) is 0 Å². The SMILES string of the molecule is CC[C](CC)=[Ti]([O]c1cc(Cl)cc(C(C)(C)C)c1)[C]1=C(C)C=CC1.Cl.Cl. The van der Waals surface area contributed by atoms with Gasteiger partial charge in [0.1, 0.15) is 0 Å². The summed E-state index contributed by atoms with van der Waals surface area (Å²) in [6.45, 7) is 13.4. The van der Waals surface area contributed by atoms with E-state index in [1.54, 1.807) is 7.69 Å². The first-order valence-corrected chi connectivity index (χ1v) is 11.4. The number of allylic oxidation sites excluding steroid dienone is 4. The first kappa shape index (κ1) is 26.0. The predicted octanol–water partition coefficient (Wildman–Crippen LogP) is 7.62. The first-order valence-electron chi connectivity index (χ1n) is 8.83. The van der Waals surface area contributed by atoms with E-state index >= 15 is 0 Å². The van der Waals surface area contributed by atoms with Crippen molar-refractivity contribution in [2.45, 2.75) is 66.2 Å². The Morgan fingerprint density at radius 2 is 1.73 bits per heavy atom. The Labute approximate surface area is 182 Å². The van der Waals surface area contributed by atoms with E-state index in [-0.39, 0.29) is 30.2 Å². The minimum atomic E-state index is -1.94. The van der Waals surface area contributed by atoms with Gasteiger partial charge in [-0.2, -0.15) is 0 Å². The minimum absolute atomic E-state index is 0. The number of rotatable bonds is 5. The monoisotopic (exact) mass is 452 g/mol. The van der Waals surface area contributed by atoms with E-state index in [4.69, 9.17) is 14.9 Å². The Morgan fingerprint density at radius 1 is 1.12 bits per heavy atom. The van der Waals surface area contributed by atoms with Gasteiger partial charge in [-0.1, -0.05) is 0 Å². The van der Waals surface area contributed by atoms with Crippen LogP contribution in [-0.2, 0) is 23.2 Å². The second kappa shape index (κ2) is 11.1. The van der Waals surface area contributed by atoms with Crippen LogP contribution in [0.4, 0.5) is 0 Å². The van der Waals surface area contributed by atoms with Crippen molar-refractivity contribution < 1.29 is 21.1 Å². The smallest absolute Gasteiger partial charge is 0.147 e. The summed E-state index contributed by atoms with van der Waals surface area (Å²) in [5.41, 5.74) is 2.70. The van der Waals surface area contributed by atoms with Gasteiger partial charge < -0.3 is 0 Å². The number of hydrogen-bond acceptors (Lipinski definition) is 1. The van der Waals surface area contributed by atoms with Crippen LogP contribution >= 0.6 is 36.4 Å². The fourth-order valence-electron chi connectivity index (χ4n) is 2.98. The standard InChI is InChI=1S/C10H13ClO.C6H7.C5H10.2ClH.Ti/c1-10(2,3)7-4-8(11)6-9(12)5-7;1-6-4-2-3-5-6;1-3-5-4-2;;;/h4-6,12H,1-3H3;2,4H,3H2,1H3;3-4H2,1-2H3;2*1H;/q;;;;;+1/p-1. The van der Waals surface area contributed by atoms with Gasteiger partial charge >= 0.3 is 159 Å². The van der Waals surface area contributed by atoms with Crippen LogP contribution in [-0.4, -0.2) is 3.81 Å². The van der Waals surface area contributed by atoms with Crippen LogP contribution in [0.1, 0.15) is 66.4 Å². The van der Waals surface area contributed by atoms with Crippen molar-refractivity contribution in [3.63, 3.8) is 0 Å². The maximum absolute atomic E-state index is 6.68. The summed E-state index contributed by atoms with van der Waals surface area (Å²) in [4.78, 5) is 0. The van der Waals surface area contributed by atoms with Crippen molar-refractivity contribution in [3.8, 4) is 5.75 Å². The van der Waals surface area contributed by atoms with Gasteiger partial charge in [0.15, 0.2) is 0 Å². The molecular formula is C21H31Cl3OTi. The van der Waals surface area contributed by atoms with E-state index in [2.05, 4.69) is 65.8 Å². The van der Waals surface area contributed by atoms with E-state index in [9.17, 15) is 0 Å². The first-order chi connectivity index (χ1) is 11.3. The van der Waals surface area contributed by atoms with E-state index in [1.165, 1.54) is 11.1 Å². The van der Waals surface area contributed by atoms with Crippen LogP contribution in [0.25, 0.3) is 0 Å². The Kier molecular flexibility index (Phi) is 11.1. The van der Waals surface area contributed by atoms with Crippen LogP contribution < -0.4 is 3.32 Å². The molecule has 26 heavy (non-hydrogen) atoms. The molecule has 0 fully saturated rings. The van der Waals surface area contributed by atoms with Gasteiger partial charge in [0, 0.05) is 0 Å². The third kappa shape index (κ3) is 6.53. The van der Waals surface area contributed by atoms with E-state index in [0.717, 1.165) is 30.0 Å². The molecule has 0 saturated heterocycles. The number of hydrogen-bond donors (Lipinski definition) is 0. The zero-order valence-corrected chi connectivity index (χ0v) is 20.6. The largest absolute Gasteiger partial charge is 0.147 e. The van der Waals surface area contributed by atoms with Crippen molar-refractivity contribution in [3.05, 3.63) is 50.4 Å². The molecule has 5 heteroatoms. The summed E-state index contributed by atoms with van der Waals surface area (Å²) in [6.07, 6.45) is 7.78. The van der Waals surface area contributed by atoms with Gasteiger partial charge in [-0.3, -0.25) is 0 Å². The summed E-state index contributed by atoms with van der Waals surface area (Å²) in [7, 11) is 0. The number of benzene rings is 1. The number of halogens is 3. The van der Waals surface area contributed by atoms with Crippen LogP contribution in [0.3, 0.4) is 0 Å². The average Bonchev–Trinajstić information content (AvgIpc) is 2.92. The van der Waals surface area contributed by atoms with Crippen molar-refractivity contribution in [1.82, 2.24) is 0 Å².